The maximum Gasteiger partial charge on any atom is 0.120 e. The summed E-state index contributed by atoms with van der Waals surface area (Å²) in [6, 6.07) is 8.34. The zero-order valence-electron chi connectivity index (χ0n) is 12.9. The lowest BCUT2D eigenvalue weighted by Crippen LogP contribution is -2.46. The molecule has 1 aromatic carbocycles. The van der Waals surface area contributed by atoms with Crippen LogP contribution in [0, 0.1) is 0 Å². The van der Waals surface area contributed by atoms with Crippen molar-refractivity contribution in [1.29, 1.82) is 0 Å². The van der Waals surface area contributed by atoms with Gasteiger partial charge in [0.25, 0.3) is 0 Å². The van der Waals surface area contributed by atoms with Gasteiger partial charge in [0.15, 0.2) is 0 Å². The van der Waals surface area contributed by atoms with Gasteiger partial charge in [-0.2, -0.15) is 0 Å². The molecule has 1 fully saturated rings. The highest BCUT2D eigenvalue weighted by Gasteiger charge is 2.20. The van der Waals surface area contributed by atoms with Crippen molar-refractivity contribution < 1.29 is 4.74 Å². The van der Waals surface area contributed by atoms with Gasteiger partial charge in [-0.25, -0.2) is 0 Å². The van der Waals surface area contributed by atoms with Crippen LogP contribution in [-0.4, -0.2) is 61.2 Å². The summed E-state index contributed by atoms with van der Waals surface area (Å²) in [4.78, 5) is 5.20. The van der Waals surface area contributed by atoms with E-state index in [0.29, 0.717) is 17.6 Å². The first-order valence-corrected chi connectivity index (χ1v) is 7.88. The third kappa shape index (κ3) is 4.95. The summed E-state index contributed by atoms with van der Waals surface area (Å²) < 4.78 is 5.82. The Balaban J connectivity index is 1.79. The van der Waals surface area contributed by atoms with Gasteiger partial charge in [-0.05, 0) is 45.6 Å². The highest BCUT2D eigenvalue weighted by atomic mass is 32.1. The van der Waals surface area contributed by atoms with Crippen LogP contribution in [0.4, 0.5) is 0 Å². The van der Waals surface area contributed by atoms with Crippen molar-refractivity contribution in [3.05, 3.63) is 29.8 Å². The van der Waals surface area contributed by atoms with Crippen LogP contribution in [-0.2, 0) is 0 Å². The van der Waals surface area contributed by atoms with E-state index < -0.39 is 0 Å². The Morgan fingerprint density at radius 2 is 2.29 bits per heavy atom. The summed E-state index contributed by atoms with van der Waals surface area (Å²) >= 11 is 4.98. The molecule has 5 heteroatoms. The Bertz CT molecular complexity index is 478. The van der Waals surface area contributed by atoms with E-state index in [4.69, 9.17) is 22.7 Å². The average molecular weight is 307 g/mol. The van der Waals surface area contributed by atoms with Gasteiger partial charge in [0, 0.05) is 24.7 Å². The second kappa shape index (κ2) is 7.73. The molecule has 1 aliphatic heterocycles. The third-order valence-electron chi connectivity index (χ3n) is 4.01. The van der Waals surface area contributed by atoms with Crippen LogP contribution >= 0.6 is 12.2 Å². The predicted octanol–water partition coefficient (Wildman–Crippen LogP) is 1.73. The minimum Gasteiger partial charge on any atom is -0.492 e. The van der Waals surface area contributed by atoms with Gasteiger partial charge in [-0.15, -0.1) is 0 Å². The highest BCUT2D eigenvalue weighted by molar-refractivity contribution is 7.80. The van der Waals surface area contributed by atoms with E-state index in [1.807, 2.05) is 24.3 Å². The Labute approximate surface area is 132 Å². The quantitative estimate of drug-likeness (QED) is 0.811. The van der Waals surface area contributed by atoms with E-state index in [2.05, 4.69) is 23.9 Å². The molecule has 0 radical (unpaired) electrons. The van der Waals surface area contributed by atoms with E-state index in [0.717, 1.165) is 24.4 Å². The van der Waals surface area contributed by atoms with Gasteiger partial charge in [-0.3, -0.25) is 4.90 Å². The molecule has 0 amide bonds. The first-order chi connectivity index (χ1) is 10.1. The van der Waals surface area contributed by atoms with Crippen LogP contribution in [0.1, 0.15) is 18.4 Å². The van der Waals surface area contributed by atoms with E-state index in [1.54, 1.807) is 0 Å². The van der Waals surface area contributed by atoms with Crippen LogP contribution in [0.2, 0.25) is 0 Å². The van der Waals surface area contributed by atoms with Crippen molar-refractivity contribution >= 4 is 17.2 Å². The standard InChI is InChI=1S/C16H25N3OS/c1-18(2)14-6-4-8-19(12-14)9-10-20-15-7-3-5-13(11-15)16(17)21/h3,5,7,11,14H,4,6,8-10,12H2,1-2H3,(H2,17,21). The summed E-state index contributed by atoms with van der Waals surface area (Å²) in [5.74, 6) is 0.835. The number of likely N-dealkylation sites (N-methyl/N-ethyl adjacent to an activating group) is 1. The fourth-order valence-corrected chi connectivity index (χ4v) is 2.81. The third-order valence-corrected chi connectivity index (χ3v) is 4.24. The SMILES string of the molecule is CN(C)C1CCCN(CCOc2cccc(C(N)=S)c2)C1. The molecule has 1 aromatic rings. The number of thiocarbonyl (C=S) groups is 1. The first kappa shape index (κ1) is 16.2. The molecule has 1 unspecified atom stereocenters. The van der Waals surface area contributed by atoms with Crippen molar-refractivity contribution in [2.75, 3.05) is 40.3 Å². The predicted molar refractivity (Wildman–Crippen MR) is 91.0 cm³/mol. The lowest BCUT2D eigenvalue weighted by Gasteiger charge is -2.36. The number of piperidine rings is 1. The van der Waals surface area contributed by atoms with Crippen molar-refractivity contribution in [1.82, 2.24) is 9.80 Å². The minimum atomic E-state index is 0.408. The molecule has 2 N–H and O–H groups in total. The van der Waals surface area contributed by atoms with Gasteiger partial charge < -0.3 is 15.4 Å². The maximum atomic E-state index is 5.82. The number of likely N-dealkylation sites (tertiary alicyclic amines) is 1. The second-order valence-electron chi connectivity index (χ2n) is 5.80. The Hall–Kier alpha value is -1.17. The molecule has 0 aliphatic carbocycles. The molecule has 4 nitrogen and oxygen atoms in total. The van der Waals surface area contributed by atoms with Crippen molar-refractivity contribution in [2.24, 2.45) is 5.73 Å². The summed E-state index contributed by atoms with van der Waals surface area (Å²) in [6.07, 6.45) is 2.56. The molecule has 0 spiro atoms. The molecular formula is C16H25N3OS. The first-order valence-electron chi connectivity index (χ1n) is 7.47. The number of hydrogen-bond donors (Lipinski definition) is 1. The monoisotopic (exact) mass is 307 g/mol. The van der Waals surface area contributed by atoms with Crippen LogP contribution in [0.25, 0.3) is 0 Å². The Morgan fingerprint density at radius 3 is 3.00 bits per heavy atom. The molecule has 1 aliphatic rings. The summed E-state index contributed by atoms with van der Waals surface area (Å²) in [6.45, 7) is 3.95. The van der Waals surface area contributed by atoms with Gasteiger partial charge in [0.2, 0.25) is 0 Å². The molecule has 0 aromatic heterocycles. The van der Waals surface area contributed by atoms with Crippen LogP contribution < -0.4 is 10.5 Å². The normalized spacial score (nSPS) is 19.7. The van der Waals surface area contributed by atoms with Gasteiger partial charge in [-0.1, -0.05) is 24.4 Å². The van der Waals surface area contributed by atoms with Crippen molar-refractivity contribution in [3.8, 4) is 5.75 Å². The molecule has 2 rings (SSSR count). The molecular weight excluding hydrogens is 282 g/mol. The summed E-state index contributed by atoms with van der Waals surface area (Å²) in [7, 11) is 4.32. The fraction of sp³-hybridized carbons (Fsp3) is 0.562. The lowest BCUT2D eigenvalue weighted by atomic mass is 10.1. The van der Waals surface area contributed by atoms with Crippen LogP contribution in [0.3, 0.4) is 0 Å². The lowest BCUT2D eigenvalue weighted by molar-refractivity contribution is 0.117. The zero-order valence-corrected chi connectivity index (χ0v) is 13.7. The number of ether oxygens (including phenoxy) is 1. The van der Waals surface area contributed by atoms with Gasteiger partial charge >= 0.3 is 0 Å². The van der Waals surface area contributed by atoms with E-state index in [-0.39, 0.29) is 0 Å². The second-order valence-corrected chi connectivity index (χ2v) is 6.24. The zero-order chi connectivity index (χ0) is 15.2. The number of nitrogens with two attached hydrogens (primary N) is 1. The molecule has 116 valence electrons. The van der Waals surface area contributed by atoms with Gasteiger partial charge in [0.1, 0.15) is 17.3 Å². The average Bonchev–Trinajstić information content (AvgIpc) is 2.48. The summed E-state index contributed by atoms with van der Waals surface area (Å²) in [5, 5.41) is 0. The van der Waals surface area contributed by atoms with Crippen molar-refractivity contribution in [3.63, 3.8) is 0 Å². The van der Waals surface area contributed by atoms with Crippen LogP contribution in [0.15, 0.2) is 24.3 Å². The number of benzene rings is 1. The van der Waals surface area contributed by atoms with Gasteiger partial charge in [0.05, 0.1) is 0 Å². The Kier molecular flexibility index (Phi) is 5.96. The largest absolute Gasteiger partial charge is 0.492 e. The maximum absolute atomic E-state index is 5.82. The Morgan fingerprint density at radius 1 is 1.48 bits per heavy atom. The molecule has 0 bridgehead atoms. The highest BCUT2D eigenvalue weighted by Crippen LogP contribution is 2.15. The molecule has 0 saturated carbocycles. The van der Waals surface area contributed by atoms with Crippen LogP contribution in [0.5, 0.6) is 5.75 Å². The smallest absolute Gasteiger partial charge is 0.120 e. The van der Waals surface area contributed by atoms with E-state index >= 15 is 0 Å². The molecule has 21 heavy (non-hydrogen) atoms. The molecule has 1 heterocycles. The fourth-order valence-electron chi connectivity index (χ4n) is 2.69. The number of hydrogen-bond acceptors (Lipinski definition) is 4. The number of rotatable bonds is 6. The molecule has 1 saturated heterocycles. The number of nitrogens with zero attached hydrogens (tertiary/aromatic N) is 2. The van der Waals surface area contributed by atoms with E-state index in [1.165, 1.54) is 19.4 Å². The minimum absolute atomic E-state index is 0.408. The van der Waals surface area contributed by atoms with Crippen molar-refractivity contribution in [2.45, 2.75) is 18.9 Å². The topological polar surface area (TPSA) is 41.7 Å². The molecule has 1 atom stereocenters. The summed E-state index contributed by atoms with van der Waals surface area (Å²) in [5.41, 5.74) is 6.49. The van der Waals surface area contributed by atoms with E-state index in [9.17, 15) is 0 Å².